The third-order valence-corrected chi connectivity index (χ3v) is 2.28. The monoisotopic (exact) mass is 296 g/mol. The Kier molecular flexibility index (Phi) is 26.0. The molecule has 0 aliphatic carbocycles. The van der Waals surface area contributed by atoms with Gasteiger partial charge in [0.1, 0.15) is 0 Å². The molecule has 0 aromatic rings. The Balaban J connectivity index is -0.000000163. The quantitative estimate of drug-likeness (QED) is 0.331. The van der Waals surface area contributed by atoms with Gasteiger partial charge in [0.25, 0.3) is 0 Å². The van der Waals surface area contributed by atoms with Crippen molar-refractivity contribution in [2.45, 2.75) is 57.8 Å². The molecule has 0 amide bonds. The smallest absolute Gasteiger partial charge is 1.00 e. The van der Waals surface area contributed by atoms with Crippen LogP contribution in [0.4, 0.5) is 0 Å². The maximum atomic E-state index is 10.2. The first-order chi connectivity index (χ1) is 7.13. The Morgan fingerprint density at radius 2 is 0.882 bits per heavy atom. The molecule has 0 aromatic heterocycles. The average molecular weight is 296 g/mol. The standard InChI is InChI=1S/C11H20O4.2K.2H/c12-10(13)8-6-4-2-1-3-5-7-9-11(14)15;;;;/h1-9H2,(H,12,13)(H,14,15);;;;/q;2*+1;2*-1. The van der Waals surface area contributed by atoms with Crippen molar-refractivity contribution in [3.8, 4) is 0 Å². The molecule has 0 atom stereocenters. The van der Waals surface area contributed by atoms with E-state index < -0.39 is 11.9 Å². The maximum Gasteiger partial charge on any atom is 1.00 e. The van der Waals surface area contributed by atoms with Crippen LogP contribution in [0.2, 0.25) is 0 Å². The van der Waals surface area contributed by atoms with Gasteiger partial charge >= 0.3 is 115 Å². The Morgan fingerprint density at radius 3 is 1.12 bits per heavy atom. The van der Waals surface area contributed by atoms with Crippen LogP contribution in [0.3, 0.4) is 0 Å². The van der Waals surface area contributed by atoms with E-state index in [1.807, 2.05) is 0 Å². The fourth-order valence-corrected chi connectivity index (χ4v) is 1.44. The number of hydrogen-bond donors (Lipinski definition) is 2. The van der Waals surface area contributed by atoms with E-state index >= 15 is 0 Å². The van der Waals surface area contributed by atoms with Crippen LogP contribution in [0.5, 0.6) is 0 Å². The minimum atomic E-state index is -0.726. The minimum Gasteiger partial charge on any atom is -1.00 e. The first-order valence-electron chi connectivity index (χ1n) is 5.56. The largest absolute Gasteiger partial charge is 1.00 e. The van der Waals surface area contributed by atoms with Crippen molar-refractivity contribution in [1.82, 2.24) is 0 Å². The molecule has 0 fully saturated rings. The van der Waals surface area contributed by atoms with Crippen molar-refractivity contribution in [2.75, 3.05) is 0 Å². The van der Waals surface area contributed by atoms with Gasteiger partial charge in [-0.2, -0.15) is 0 Å². The van der Waals surface area contributed by atoms with Gasteiger partial charge < -0.3 is 13.1 Å². The molecule has 0 heterocycles. The second-order valence-electron chi connectivity index (χ2n) is 3.76. The van der Waals surface area contributed by atoms with E-state index in [1.165, 1.54) is 0 Å². The van der Waals surface area contributed by atoms with E-state index in [1.54, 1.807) is 0 Å². The maximum absolute atomic E-state index is 10.2. The summed E-state index contributed by atoms with van der Waals surface area (Å²) in [4.78, 5) is 20.4. The molecule has 2 N–H and O–H groups in total. The summed E-state index contributed by atoms with van der Waals surface area (Å²) in [6, 6.07) is 0. The number of carboxylic acid groups (broad SMARTS) is 2. The van der Waals surface area contributed by atoms with Crippen LogP contribution < -0.4 is 103 Å². The summed E-state index contributed by atoms with van der Waals surface area (Å²) in [5.41, 5.74) is 0. The predicted molar refractivity (Wildman–Crippen MR) is 59.0 cm³/mol. The van der Waals surface area contributed by atoms with Crippen LogP contribution in [-0.4, -0.2) is 22.2 Å². The molecule has 0 bridgehead atoms. The van der Waals surface area contributed by atoms with E-state index in [9.17, 15) is 9.59 Å². The molecule has 0 unspecified atom stereocenters. The summed E-state index contributed by atoms with van der Waals surface area (Å²) in [5, 5.41) is 16.8. The van der Waals surface area contributed by atoms with Crippen molar-refractivity contribution in [1.29, 1.82) is 0 Å². The molecule has 4 nitrogen and oxygen atoms in total. The Bertz CT molecular complexity index is 187. The van der Waals surface area contributed by atoms with E-state index in [2.05, 4.69) is 0 Å². The number of hydrogen-bond acceptors (Lipinski definition) is 2. The van der Waals surface area contributed by atoms with Gasteiger partial charge in [-0.1, -0.05) is 32.1 Å². The topological polar surface area (TPSA) is 74.6 Å². The van der Waals surface area contributed by atoms with Gasteiger partial charge in [-0.25, -0.2) is 0 Å². The second kappa shape index (κ2) is 18.2. The molecular formula is C11H22K2O4. The van der Waals surface area contributed by atoms with Crippen LogP contribution in [0.25, 0.3) is 0 Å². The van der Waals surface area contributed by atoms with Gasteiger partial charge in [-0.3, -0.25) is 9.59 Å². The van der Waals surface area contributed by atoms with Crippen LogP contribution in [-0.2, 0) is 9.59 Å². The van der Waals surface area contributed by atoms with E-state index in [4.69, 9.17) is 10.2 Å². The zero-order valence-corrected chi connectivity index (χ0v) is 17.3. The normalized spacial score (nSPS) is 8.94. The fourth-order valence-electron chi connectivity index (χ4n) is 1.44. The van der Waals surface area contributed by atoms with E-state index in [0.717, 1.165) is 44.9 Å². The zero-order valence-electron chi connectivity index (χ0n) is 13.1. The third-order valence-electron chi connectivity index (χ3n) is 2.28. The number of carboxylic acids is 2. The minimum absolute atomic E-state index is 0. The molecule has 92 valence electrons. The first kappa shape index (κ1) is 24.2. The second-order valence-corrected chi connectivity index (χ2v) is 3.76. The molecule has 0 rings (SSSR count). The molecular weight excluding hydrogens is 274 g/mol. The molecule has 0 aliphatic heterocycles. The summed E-state index contributed by atoms with van der Waals surface area (Å²) in [6.07, 6.45) is 7.16. The van der Waals surface area contributed by atoms with Crippen molar-refractivity contribution >= 4 is 11.9 Å². The van der Waals surface area contributed by atoms with E-state index in [-0.39, 0.29) is 118 Å². The van der Waals surface area contributed by atoms with Crippen molar-refractivity contribution in [2.24, 2.45) is 0 Å². The number of unbranched alkanes of at least 4 members (excludes halogenated alkanes) is 6. The van der Waals surface area contributed by atoms with Gasteiger partial charge in [0.05, 0.1) is 0 Å². The summed E-state index contributed by atoms with van der Waals surface area (Å²) in [6.45, 7) is 0. The molecule has 0 aliphatic rings. The Labute approximate surface area is 191 Å². The van der Waals surface area contributed by atoms with Crippen LogP contribution in [0.15, 0.2) is 0 Å². The van der Waals surface area contributed by atoms with Gasteiger partial charge in [-0.05, 0) is 12.8 Å². The van der Waals surface area contributed by atoms with E-state index in [0.29, 0.717) is 0 Å². The molecule has 0 saturated heterocycles. The predicted octanol–water partition coefficient (Wildman–Crippen LogP) is -3.10. The Morgan fingerprint density at radius 1 is 0.647 bits per heavy atom. The number of carbonyl (C=O) groups is 2. The molecule has 0 saturated carbocycles. The van der Waals surface area contributed by atoms with Crippen LogP contribution >= 0.6 is 0 Å². The average Bonchev–Trinajstić information content (AvgIpc) is 2.14. The van der Waals surface area contributed by atoms with Crippen molar-refractivity contribution < 1.29 is 125 Å². The van der Waals surface area contributed by atoms with Crippen LogP contribution in [0, 0.1) is 0 Å². The SMILES string of the molecule is O=C(O)CCCCCCCCCC(=O)O.[H-].[H-].[K+].[K+]. The summed E-state index contributed by atoms with van der Waals surface area (Å²) in [5.74, 6) is -1.45. The Hall–Kier alpha value is 2.21. The van der Waals surface area contributed by atoms with Crippen molar-refractivity contribution in [3.63, 3.8) is 0 Å². The zero-order chi connectivity index (χ0) is 11.5. The first-order valence-corrected chi connectivity index (χ1v) is 5.56. The number of rotatable bonds is 10. The molecule has 6 heteroatoms. The van der Waals surface area contributed by atoms with Crippen molar-refractivity contribution in [3.05, 3.63) is 0 Å². The molecule has 0 aromatic carbocycles. The third kappa shape index (κ3) is 23.7. The fraction of sp³-hybridized carbons (Fsp3) is 0.818. The van der Waals surface area contributed by atoms with Gasteiger partial charge in [0, 0.05) is 12.8 Å². The summed E-state index contributed by atoms with van der Waals surface area (Å²) in [7, 11) is 0. The molecule has 0 radical (unpaired) electrons. The number of aliphatic carboxylic acids is 2. The van der Waals surface area contributed by atoms with Crippen LogP contribution in [0.1, 0.15) is 60.6 Å². The molecule has 0 spiro atoms. The van der Waals surface area contributed by atoms with Gasteiger partial charge in [0.15, 0.2) is 0 Å². The van der Waals surface area contributed by atoms with Gasteiger partial charge in [-0.15, -0.1) is 0 Å². The molecule has 17 heavy (non-hydrogen) atoms. The van der Waals surface area contributed by atoms with Gasteiger partial charge in [0.2, 0.25) is 0 Å². The summed E-state index contributed by atoms with van der Waals surface area (Å²) < 4.78 is 0. The summed E-state index contributed by atoms with van der Waals surface area (Å²) >= 11 is 0.